The van der Waals surface area contributed by atoms with Crippen LogP contribution >= 0.6 is 0 Å². The molecule has 58 valence electrons. The van der Waals surface area contributed by atoms with Crippen LogP contribution in [-0.2, 0) is 19.5 Å². The van der Waals surface area contributed by atoms with E-state index in [0.717, 1.165) is 17.8 Å². The van der Waals surface area contributed by atoms with Gasteiger partial charge in [0.25, 0.3) is 0 Å². The predicted octanol–water partition coefficient (Wildman–Crippen LogP) is 2.79. The first-order valence-electron chi connectivity index (χ1n) is 4.73. The summed E-state index contributed by atoms with van der Waals surface area (Å²) in [4.78, 5) is 0. The van der Waals surface area contributed by atoms with E-state index in [1.165, 1.54) is 19.3 Å². The Kier molecular flexibility index (Phi) is 2.12. The fraction of sp³-hybridized carbons (Fsp3) is 0.900. The van der Waals surface area contributed by atoms with Crippen LogP contribution in [0.5, 0.6) is 0 Å². The first-order chi connectivity index (χ1) is 4.90. The average Bonchev–Trinajstić information content (AvgIpc) is 1.82. The zero-order chi connectivity index (χ0) is 6.55. The monoisotopic (exact) mass is 199 g/mol. The first kappa shape index (κ1) is 8.23. The van der Waals surface area contributed by atoms with Crippen molar-refractivity contribution < 1.29 is 19.5 Å². The van der Waals surface area contributed by atoms with Crippen LogP contribution in [0.2, 0.25) is 0 Å². The van der Waals surface area contributed by atoms with Gasteiger partial charge in [-0.3, -0.25) is 0 Å². The fourth-order valence-corrected chi connectivity index (χ4v) is 3.68. The Morgan fingerprint density at radius 2 is 1.09 bits per heavy atom. The summed E-state index contributed by atoms with van der Waals surface area (Å²) in [6.45, 7) is 0. The molecule has 4 saturated carbocycles. The molecule has 0 aliphatic heterocycles. The second-order valence-corrected chi connectivity index (χ2v) is 4.67. The minimum absolute atomic E-state index is 0. The third-order valence-corrected chi connectivity index (χ3v) is 3.73. The molecule has 0 radical (unpaired) electrons. The third kappa shape index (κ3) is 1.30. The van der Waals surface area contributed by atoms with Crippen LogP contribution in [0.1, 0.15) is 38.5 Å². The molecule has 4 aliphatic carbocycles. The van der Waals surface area contributed by atoms with Gasteiger partial charge in [0.2, 0.25) is 0 Å². The molecule has 0 aromatic rings. The molecular formula is C10H15Zn-. The summed E-state index contributed by atoms with van der Waals surface area (Å²) in [5.41, 5.74) is 0. The van der Waals surface area contributed by atoms with Gasteiger partial charge in [-0.05, 0) is 0 Å². The van der Waals surface area contributed by atoms with E-state index in [-0.39, 0.29) is 19.5 Å². The Bertz CT molecular complexity index is 96.4. The van der Waals surface area contributed by atoms with E-state index >= 15 is 0 Å². The number of hydrogen-bond donors (Lipinski definition) is 0. The SMILES string of the molecule is C1[C-]2CC3CC1CC(C2)C3.[Zn]. The summed E-state index contributed by atoms with van der Waals surface area (Å²) in [5, 5.41) is 0. The summed E-state index contributed by atoms with van der Waals surface area (Å²) in [6.07, 6.45) is 9.31. The summed E-state index contributed by atoms with van der Waals surface area (Å²) < 4.78 is 0. The summed E-state index contributed by atoms with van der Waals surface area (Å²) >= 11 is 0. The van der Waals surface area contributed by atoms with Crippen LogP contribution in [0.4, 0.5) is 0 Å². The molecule has 0 aromatic heterocycles. The van der Waals surface area contributed by atoms with Gasteiger partial charge in [-0.25, -0.2) is 0 Å². The fourth-order valence-electron chi connectivity index (χ4n) is 3.68. The Morgan fingerprint density at radius 1 is 0.727 bits per heavy atom. The van der Waals surface area contributed by atoms with Gasteiger partial charge < -0.3 is 5.92 Å². The molecule has 0 spiro atoms. The van der Waals surface area contributed by atoms with Crippen molar-refractivity contribution in [3.63, 3.8) is 0 Å². The summed E-state index contributed by atoms with van der Waals surface area (Å²) in [7, 11) is 0. The van der Waals surface area contributed by atoms with Crippen LogP contribution in [-0.4, -0.2) is 0 Å². The molecule has 4 rings (SSSR count). The van der Waals surface area contributed by atoms with Gasteiger partial charge in [-0.2, -0.15) is 19.3 Å². The molecule has 0 amide bonds. The van der Waals surface area contributed by atoms with Crippen molar-refractivity contribution in [2.24, 2.45) is 17.8 Å². The summed E-state index contributed by atoms with van der Waals surface area (Å²) in [5.74, 6) is 5.35. The maximum absolute atomic E-state index is 1.93. The van der Waals surface area contributed by atoms with Crippen molar-refractivity contribution in [1.29, 1.82) is 0 Å². The molecule has 0 atom stereocenters. The predicted molar refractivity (Wildman–Crippen MR) is 41.4 cm³/mol. The molecule has 4 bridgehead atoms. The largest absolute Gasteiger partial charge is 0.313 e. The van der Waals surface area contributed by atoms with Crippen LogP contribution < -0.4 is 0 Å². The van der Waals surface area contributed by atoms with Crippen molar-refractivity contribution in [3.05, 3.63) is 5.92 Å². The van der Waals surface area contributed by atoms with E-state index in [4.69, 9.17) is 0 Å². The molecule has 4 aliphatic rings. The Morgan fingerprint density at radius 3 is 1.36 bits per heavy atom. The van der Waals surface area contributed by atoms with E-state index in [9.17, 15) is 0 Å². The molecule has 4 fully saturated rings. The first-order valence-corrected chi connectivity index (χ1v) is 4.73. The molecule has 0 heterocycles. The van der Waals surface area contributed by atoms with Crippen LogP contribution in [0.3, 0.4) is 0 Å². The van der Waals surface area contributed by atoms with Crippen LogP contribution in [0, 0.1) is 23.7 Å². The van der Waals surface area contributed by atoms with Crippen molar-refractivity contribution in [3.8, 4) is 0 Å². The second kappa shape index (κ2) is 2.84. The second-order valence-electron chi connectivity index (χ2n) is 4.67. The molecule has 0 saturated heterocycles. The van der Waals surface area contributed by atoms with Gasteiger partial charge in [-0.1, -0.05) is 37.0 Å². The van der Waals surface area contributed by atoms with E-state index in [1.54, 1.807) is 19.3 Å². The van der Waals surface area contributed by atoms with Gasteiger partial charge in [0.15, 0.2) is 0 Å². The molecular weight excluding hydrogens is 185 g/mol. The quantitative estimate of drug-likeness (QED) is 0.417. The van der Waals surface area contributed by atoms with Crippen molar-refractivity contribution in [1.82, 2.24) is 0 Å². The van der Waals surface area contributed by atoms with Gasteiger partial charge in [0.05, 0.1) is 0 Å². The Hall–Kier alpha value is 0.623. The Labute approximate surface area is 81.9 Å². The molecule has 0 unspecified atom stereocenters. The van der Waals surface area contributed by atoms with E-state index in [0.29, 0.717) is 0 Å². The van der Waals surface area contributed by atoms with Crippen LogP contribution in [0.25, 0.3) is 0 Å². The van der Waals surface area contributed by atoms with Crippen molar-refractivity contribution in [2.75, 3.05) is 0 Å². The van der Waals surface area contributed by atoms with E-state index < -0.39 is 0 Å². The third-order valence-electron chi connectivity index (χ3n) is 3.73. The maximum Gasteiger partial charge on any atom is 0 e. The zero-order valence-corrected chi connectivity index (χ0v) is 10.1. The Balaban J connectivity index is 0.000000480. The van der Waals surface area contributed by atoms with Gasteiger partial charge in [0, 0.05) is 19.5 Å². The smallest absolute Gasteiger partial charge is 0 e. The average molecular weight is 201 g/mol. The standard InChI is InChI=1S/C10H15.Zn/c1-7-2-9-4-8(1)5-10(3-7)6-9;/h7-9H,1-6H2;/q-1;. The zero-order valence-electron chi connectivity index (χ0n) is 7.18. The summed E-state index contributed by atoms with van der Waals surface area (Å²) in [6, 6.07) is 0. The van der Waals surface area contributed by atoms with Gasteiger partial charge >= 0.3 is 0 Å². The van der Waals surface area contributed by atoms with Crippen LogP contribution in [0.15, 0.2) is 0 Å². The number of hydrogen-bond acceptors (Lipinski definition) is 0. The van der Waals surface area contributed by atoms with Gasteiger partial charge in [0.1, 0.15) is 0 Å². The molecule has 0 nitrogen and oxygen atoms in total. The maximum atomic E-state index is 1.93. The van der Waals surface area contributed by atoms with Crippen molar-refractivity contribution in [2.45, 2.75) is 38.5 Å². The minimum atomic E-state index is 0. The number of rotatable bonds is 0. The molecule has 11 heavy (non-hydrogen) atoms. The normalized spacial score (nSPS) is 47.5. The van der Waals surface area contributed by atoms with E-state index in [1.807, 2.05) is 5.92 Å². The van der Waals surface area contributed by atoms with Crippen molar-refractivity contribution >= 4 is 0 Å². The van der Waals surface area contributed by atoms with E-state index in [2.05, 4.69) is 0 Å². The van der Waals surface area contributed by atoms with Gasteiger partial charge in [-0.15, -0.1) is 0 Å². The topological polar surface area (TPSA) is 0 Å². The minimum Gasteiger partial charge on any atom is -0.313 e. The molecule has 1 heteroatoms. The molecule has 0 aromatic carbocycles. The molecule has 0 N–H and O–H groups in total.